The molecule has 0 aliphatic heterocycles. The van der Waals surface area contributed by atoms with Crippen LogP contribution < -0.4 is 0 Å². The number of unbranched alkanes of at least 4 members (excludes halogenated alkanes) is 3. The van der Waals surface area contributed by atoms with Crippen molar-refractivity contribution < 1.29 is 36.1 Å². The molecular formula is C17H24FeO4. The van der Waals surface area contributed by atoms with Crippen LogP contribution in [0.2, 0.25) is 0 Å². The molecule has 0 amide bonds. The molecule has 4 nitrogen and oxygen atoms in total. The summed E-state index contributed by atoms with van der Waals surface area (Å²) in [6.07, 6.45) is 15.1. The summed E-state index contributed by atoms with van der Waals surface area (Å²) in [7, 11) is 0. The fourth-order valence-corrected chi connectivity index (χ4v) is 1.31. The van der Waals surface area contributed by atoms with Gasteiger partial charge in [-0.1, -0.05) is 50.1 Å². The molecule has 0 aliphatic rings. The van der Waals surface area contributed by atoms with Gasteiger partial charge in [-0.3, -0.25) is 0 Å². The Kier molecular flexibility index (Phi) is 47.7. The van der Waals surface area contributed by atoms with Crippen molar-refractivity contribution in [3.8, 4) is 0 Å². The Morgan fingerprint density at radius 3 is 1.95 bits per heavy atom. The Balaban J connectivity index is -0.000000122. The van der Waals surface area contributed by atoms with E-state index in [0.717, 1.165) is 6.42 Å². The van der Waals surface area contributed by atoms with E-state index in [0.29, 0.717) is 6.42 Å². The van der Waals surface area contributed by atoms with Crippen molar-refractivity contribution in [2.24, 2.45) is 0 Å². The van der Waals surface area contributed by atoms with Crippen LogP contribution in [-0.2, 0) is 31.0 Å². The fourth-order valence-electron chi connectivity index (χ4n) is 1.31. The summed E-state index contributed by atoms with van der Waals surface area (Å²) < 4.78 is 22.5. The Labute approximate surface area is 145 Å². The number of aliphatic hydroxyl groups is 1. The molecule has 0 aromatic rings. The second-order valence-corrected chi connectivity index (χ2v) is 4.13. The van der Waals surface area contributed by atoms with Gasteiger partial charge < -0.3 is 5.11 Å². The third kappa shape index (κ3) is 36.4. The van der Waals surface area contributed by atoms with Crippen LogP contribution >= 0.6 is 0 Å². The minimum Gasteiger partial charge on any atom is 0 e. The van der Waals surface area contributed by atoms with Crippen LogP contribution in [0.5, 0.6) is 0 Å². The molecule has 22 heavy (non-hydrogen) atoms. The topological polar surface area (TPSA) is 79.9 Å². The average molecular weight is 348 g/mol. The normalized spacial score (nSPS) is 11.1. The summed E-state index contributed by atoms with van der Waals surface area (Å²) in [5, 5.41) is 9.76. The minimum atomic E-state index is -0.754. The Morgan fingerprint density at radius 1 is 1.05 bits per heavy atom. The summed E-state index contributed by atoms with van der Waals surface area (Å²) in [6, 6.07) is 0. The molecule has 1 unspecified atom stereocenters. The monoisotopic (exact) mass is 348 g/mol. The zero-order valence-electron chi connectivity index (χ0n) is 13.2. The zero-order chi connectivity index (χ0) is 17.6. The molecule has 1 atom stereocenters. The van der Waals surface area contributed by atoms with Gasteiger partial charge in [-0.25, -0.2) is 0 Å². The summed E-state index contributed by atoms with van der Waals surface area (Å²) in [6.45, 7) is 21.1. The standard InChI is InChI=1S/C14H24O.3CO.Fe/c1-4-6-7-8-9-10-11-13-14(3,15)12-5-2;3*1-2;/h5,9-11,13,15H,2,4,6-8,12H2,1,3H3;;;;/b10-9+,13-11+;;;;. The molecular weight excluding hydrogens is 324 g/mol. The van der Waals surface area contributed by atoms with E-state index >= 15 is 0 Å². The van der Waals surface area contributed by atoms with Crippen LogP contribution in [0.1, 0.15) is 46.0 Å². The van der Waals surface area contributed by atoms with Gasteiger partial charge in [0.05, 0.1) is 5.60 Å². The van der Waals surface area contributed by atoms with Crippen molar-refractivity contribution in [2.75, 3.05) is 0 Å². The molecule has 124 valence electrons. The van der Waals surface area contributed by atoms with Crippen LogP contribution in [0, 0.1) is 20.0 Å². The Hall–Kier alpha value is -1.08. The van der Waals surface area contributed by atoms with Crippen LogP contribution in [0.4, 0.5) is 0 Å². The van der Waals surface area contributed by atoms with E-state index in [-0.39, 0.29) is 17.1 Å². The van der Waals surface area contributed by atoms with E-state index in [1.807, 2.05) is 18.2 Å². The van der Waals surface area contributed by atoms with E-state index < -0.39 is 5.60 Å². The predicted octanol–water partition coefficient (Wildman–Crippen LogP) is 3.89. The van der Waals surface area contributed by atoms with Gasteiger partial charge in [-0.2, -0.15) is 0 Å². The van der Waals surface area contributed by atoms with Crippen molar-refractivity contribution in [2.45, 2.75) is 51.6 Å². The molecule has 0 fully saturated rings. The van der Waals surface area contributed by atoms with Gasteiger partial charge in [0.15, 0.2) is 0 Å². The first-order valence-electron chi connectivity index (χ1n) is 6.41. The molecule has 0 radical (unpaired) electrons. The maximum atomic E-state index is 9.76. The molecule has 0 bridgehead atoms. The van der Waals surface area contributed by atoms with E-state index in [1.165, 1.54) is 19.3 Å². The number of hydrogen-bond acceptors (Lipinski definition) is 1. The van der Waals surface area contributed by atoms with Crippen molar-refractivity contribution in [1.82, 2.24) is 0 Å². The molecule has 0 saturated heterocycles. The van der Waals surface area contributed by atoms with Crippen LogP contribution in [-0.4, -0.2) is 10.7 Å². The second kappa shape index (κ2) is 32.0. The van der Waals surface area contributed by atoms with Gasteiger partial charge in [0, 0.05) is 17.1 Å². The number of hydrogen-bond donors (Lipinski definition) is 1. The third-order valence-electron chi connectivity index (χ3n) is 2.23. The molecule has 0 aromatic heterocycles. The molecule has 0 aromatic carbocycles. The minimum absolute atomic E-state index is 0. The molecule has 0 spiro atoms. The largest absolute Gasteiger partial charge is 0 e. The first-order valence-corrected chi connectivity index (χ1v) is 6.41. The molecule has 5 heteroatoms. The van der Waals surface area contributed by atoms with Gasteiger partial charge >= 0.3 is 33.9 Å². The molecule has 1 N–H and O–H groups in total. The average Bonchev–Trinajstić information content (AvgIpc) is 2.52. The van der Waals surface area contributed by atoms with Gasteiger partial charge in [0.1, 0.15) is 0 Å². The predicted molar refractivity (Wildman–Crippen MR) is 79.6 cm³/mol. The van der Waals surface area contributed by atoms with E-state index in [2.05, 4.69) is 39.5 Å². The van der Waals surface area contributed by atoms with Gasteiger partial charge in [0.2, 0.25) is 0 Å². The van der Waals surface area contributed by atoms with Crippen molar-refractivity contribution >= 4 is 0 Å². The quantitative estimate of drug-likeness (QED) is 0.177. The Morgan fingerprint density at radius 2 is 1.55 bits per heavy atom. The Bertz CT molecular complexity index is 311. The van der Waals surface area contributed by atoms with E-state index in [1.54, 1.807) is 13.0 Å². The van der Waals surface area contributed by atoms with Crippen molar-refractivity contribution in [3.63, 3.8) is 0 Å². The maximum absolute atomic E-state index is 9.76. The van der Waals surface area contributed by atoms with Crippen molar-refractivity contribution in [3.05, 3.63) is 56.9 Å². The van der Waals surface area contributed by atoms with Crippen LogP contribution in [0.25, 0.3) is 0 Å². The smallest absolute Gasteiger partial charge is 0 e. The summed E-state index contributed by atoms with van der Waals surface area (Å²) in [5.41, 5.74) is -0.754. The summed E-state index contributed by atoms with van der Waals surface area (Å²) in [4.78, 5) is 0. The fraction of sp³-hybridized carbons (Fsp3) is 0.471. The van der Waals surface area contributed by atoms with Gasteiger partial charge in [-0.15, -0.1) is 6.58 Å². The van der Waals surface area contributed by atoms with Crippen LogP contribution in [0.15, 0.2) is 37.0 Å². The van der Waals surface area contributed by atoms with E-state index in [9.17, 15) is 5.11 Å². The molecule has 0 heterocycles. The molecule has 0 rings (SSSR count). The third-order valence-corrected chi connectivity index (χ3v) is 2.23. The first-order chi connectivity index (χ1) is 10.1. The van der Waals surface area contributed by atoms with Crippen molar-refractivity contribution in [1.29, 1.82) is 0 Å². The number of allylic oxidation sites excluding steroid dienone is 3. The maximum Gasteiger partial charge on any atom is 0 e. The van der Waals surface area contributed by atoms with Gasteiger partial charge in [-0.05, 0) is 26.2 Å². The second-order valence-electron chi connectivity index (χ2n) is 4.13. The van der Waals surface area contributed by atoms with Gasteiger partial charge in [0.25, 0.3) is 0 Å². The summed E-state index contributed by atoms with van der Waals surface area (Å²) in [5.74, 6) is 0. The molecule has 0 aliphatic carbocycles. The summed E-state index contributed by atoms with van der Waals surface area (Å²) >= 11 is 0. The van der Waals surface area contributed by atoms with E-state index in [4.69, 9.17) is 14.0 Å². The number of rotatable bonds is 8. The zero-order valence-corrected chi connectivity index (χ0v) is 14.3. The molecule has 0 saturated carbocycles. The first kappa shape index (κ1) is 32.8. The SMILES string of the molecule is C=CCC(C)(O)/C=C/C=C/CCCCC.[C-]#[O+].[C-]#[O+].[C-]#[O+].[Fe]. The van der Waals surface area contributed by atoms with Crippen LogP contribution in [0.3, 0.4) is 0 Å².